The van der Waals surface area contributed by atoms with E-state index >= 15 is 0 Å². The standard InChI is InChI=1S/C28H28N2O/c1-5-19-17-20(6-2)26-24(23-14-10-13-22(18(3)4)27(23)31-26)25(19)30-16-15-29-28(30)21-11-8-7-9-12-21/h7-18H,5-6H2,1-4H3. The van der Waals surface area contributed by atoms with Crippen molar-refractivity contribution in [1.82, 2.24) is 9.55 Å². The fourth-order valence-corrected chi connectivity index (χ4v) is 4.65. The van der Waals surface area contributed by atoms with Crippen LogP contribution >= 0.6 is 0 Å². The van der Waals surface area contributed by atoms with Crippen LogP contribution in [0.2, 0.25) is 0 Å². The van der Waals surface area contributed by atoms with E-state index in [0.717, 1.165) is 35.4 Å². The van der Waals surface area contributed by atoms with Crippen molar-refractivity contribution < 1.29 is 4.42 Å². The van der Waals surface area contributed by atoms with E-state index in [1.165, 1.54) is 33.2 Å². The maximum atomic E-state index is 6.62. The number of imidazole rings is 1. The van der Waals surface area contributed by atoms with E-state index in [9.17, 15) is 0 Å². The number of fused-ring (bicyclic) bond motifs is 3. The van der Waals surface area contributed by atoms with Gasteiger partial charge in [-0.3, -0.25) is 4.57 Å². The average Bonchev–Trinajstić information content (AvgIpc) is 3.43. The zero-order chi connectivity index (χ0) is 21.5. The van der Waals surface area contributed by atoms with Gasteiger partial charge in [0.2, 0.25) is 0 Å². The van der Waals surface area contributed by atoms with E-state index < -0.39 is 0 Å². The van der Waals surface area contributed by atoms with Gasteiger partial charge >= 0.3 is 0 Å². The Bertz CT molecular complexity index is 1370. The molecule has 0 aliphatic heterocycles. The first-order valence-corrected chi connectivity index (χ1v) is 11.2. The number of nitrogens with zero attached hydrogens (tertiary/aromatic N) is 2. The van der Waals surface area contributed by atoms with Crippen molar-refractivity contribution in [3.8, 4) is 17.1 Å². The zero-order valence-corrected chi connectivity index (χ0v) is 18.6. The molecular weight excluding hydrogens is 380 g/mol. The number of aromatic nitrogens is 2. The quantitative estimate of drug-likeness (QED) is 0.298. The highest BCUT2D eigenvalue weighted by Crippen LogP contribution is 2.41. The lowest BCUT2D eigenvalue weighted by Gasteiger charge is -2.16. The van der Waals surface area contributed by atoms with Gasteiger partial charge < -0.3 is 4.42 Å². The lowest BCUT2D eigenvalue weighted by atomic mass is 9.96. The van der Waals surface area contributed by atoms with Gasteiger partial charge in [0.25, 0.3) is 0 Å². The second-order valence-corrected chi connectivity index (χ2v) is 8.42. The minimum absolute atomic E-state index is 0.400. The summed E-state index contributed by atoms with van der Waals surface area (Å²) in [5.41, 5.74) is 8.15. The molecule has 0 saturated carbocycles. The third kappa shape index (κ3) is 3.07. The van der Waals surface area contributed by atoms with Crippen LogP contribution in [0, 0.1) is 0 Å². The molecule has 2 aromatic heterocycles. The molecule has 0 radical (unpaired) electrons. The first kappa shape index (κ1) is 19.6. The Labute approximate surface area is 183 Å². The molecule has 0 aliphatic rings. The predicted molar refractivity (Wildman–Crippen MR) is 129 cm³/mol. The lowest BCUT2D eigenvalue weighted by molar-refractivity contribution is 0.651. The van der Waals surface area contributed by atoms with Crippen LogP contribution in [0.3, 0.4) is 0 Å². The molecule has 0 fully saturated rings. The normalized spacial score (nSPS) is 11.8. The second-order valence-electron chi connectivity index (χ2n) is 8.42. The SMILES string of the molecule is CCc1cc(CC)c2oc3c(C(C)C)cccc3c2c1-n1ccnc1-c1ccccc1. The Morgan fingerprint density at radius 1 is 0.903 bits per heavy atom. The van der Waals surface area contributed by atoms with E-state index in [4.69, 9.17) is 9.40 Å². The van der Waals surface area contributed by atoms with Gasteiger partial charge in [0.1, 0.15) is 17.0 Å². The van der Waals surface area contributed by atoms with Crippen LogP contribution < -0.4 is 0 Å². The van der Waals surface area contributed by atoms with Crippen LogP contribution in [0.25, 0.3) is 39.0 Å². The number of benzene rings is 3. The van der Waals surface area contributed by atoms with E-state index in [-0.39, 0.29) is 0 Å². The molecule has 0 atom stereocenters. The summed E-state index contributed by atoms with van der Waals surface area (Å²) in [5, 5.41) is 2.39. The van der Waals surface area contributed by atoms with E-state index in [0.29, 0.717) is 5.92 Å². The lowest BCUT2D eigenvalue weighted by Crippen LogP contribution is -2.03. The molecule has 0 bridgehead atoms. The highest BCUT2D eigenvalue weighted by atomic mass is 16.3. The number of para-hydroxylation sites is 1. The summed E-state index contributed by atoms with van der Waals surface area (Å²) in [7, 11) is 0. The summed E-state index contributed by atoms with van der Waals surface area (Å²) >= 11 is 0. The maximum absolute atomic E-state index is 6.62. The second kappa shape index (κ2) is 7.73. The molecule has 0 saturated heterocycles. The Kier molecular flexibility index (Phi) is 4.90. The first-order valence-electron chi connectivity index (χ1n) is 11.2. The van der Waals surface area contributed by atoms with Gasteiger partial charge in [0, 0.05) is 23.3 Å². The average molecular weight is 409 g/mol. The summed E-state index contributed by atoms with van der Waals surface area (Å²) in [6, 6.07) is 19.3. The van der Waals surface area contributed by atoms with Gasteiger partial charge in [-0.2, -0.15) is 0 Å². The Hall–Kier alpha value is -3.33. The van der Waals surface area contributed by atoms with Crippen LogP contribution in [-0.4, -0.2) is 9.55 Å². The number of hydrogen-bond donors (Lipinski definition) is 0. The fourth-order valence-electron chi connectivity index (χ4n) is 4.65. The number of aryl methyl sites for hydroxylation is 2. The number of hydrogen-bond acceptors (Lipinski definition) is 2. The van der Waals surface area contributed by atoms with Crippen molar-refractivity contribution in [1.29, 1.82) is 0 Å². The molecule has 0 spiro atoms. The maximum Gasteiger partial charge on any atom is 0.144 e. The van der Waals surface area contributed by atoms with Crippen molar-refractivity contribution in [2.45, 2.75) is 46.5 Å². The molecular formula is C28H28N2O. The molecule has 5 aromatic rings. The molecule has 3 heteroatoms. The minimum Gasteiger partial charge on any atom is -0.455 e. The summed E-state index contributed by atoms with van der Waals surface area (Å²) in [6.45, 7) is 8.89. The highest BCUT2D eigenvalue weighted by molar-refractivity contribution is 6.12. The summed E-state index contributed by atoms with van der Waals surface area (Å²) in [6.07, 6.45) is 5.85. The van der Waals surface area contributed by atoms with Crippen molar-refractivity contribution in [2.24, 2.45) is 0 Å². The Morgan fingerprint density at radius 2 is 1.68 bits per heavy atom. The van der Waals surface area contributed by atoms with Crippen LogP contribution in [0.1, 0.15) is 50.3 Å². The Morgan fingerprint density at radius 3 is 2.39 bits per heavy atom. The smallest absolute Gasteiger partial charge is 0.144 e. The highest BCUT2D eigenvalue weighted by Gasteiger charge is 2.22. The van der Waals surface area contributed by atoms with E-state index in [1.807, 2.05) is 12.3 Å². The fraction of sp³-hybridized carbons (Fsp3) is 0.250. The molecule has 3 aromatic carbocycles. The van der Waals surface area contributed by atoms with Crippen molar-refractivity contribution in [2.75, 3.05) is 0 Å². The zero-order valence-electron chi connectivity index (χ0n) is 18.6. The van der Waals surface area contributed by atoms with E-state index in [1.54, 1.807) is 0 Å². The molecule has 5 rings (SSSR count). The van der Waals surface area contributed by atoms with Crippen molar-refractivity contribution >= 4 is 21.9 Å². The molecule has 0 aliphatic carbocycles. The van der Waals surface area contributed by atoms with Gasteiger partial charge in [-0.05, 0) is 41.5 Å². The largest absolute Gasteiger partial charge is 0.455 e. The third-order valence-corrected chi connectivity index (χ3v) is 6.22. The van der Waals surface area contributed by atoms with Gasteiger partial charge in [-0.25, -0.2) is 4.98 Å². The topological polar surface area (TPSA) is 31.0 Å². The molecule has 3 nitrogen and oxygen atoms in total. The predicted octanol–water partition coefficient (Wildman–Crippen LogP) is 7.69. The van der Waals surface area contributed by atoms with Gasteiger partial charge in [0.15, 0.2) is 0 Å². The molecule has 0 N–H and O–H groups in total. The summed E-state index contributed by atoms with van der Waals surface area (Å²) < 4.78 is 8.86. The molecule has 31 heavy (non-hydrogen) atoms. The molecule has 0 amide bonds. The molecule has 156 valence electrons. The summed E-state index contributed by atoms with van der Waals surface area (Å²) in [5.74, 6) is 1.35. The number of furan rings is 1. The molecule has 2 heterocycles. The van der Waals surface area contributed by atoms with E-state index in [2.05, 4.69) is 87.0 Å². The van der Waals surface area contributed by atoms with Gasteiger partial charge in [-0.1, -0.05) is 76.2 Å². The molecule has 0 unspecified atom stereocenters. The Balaban J connectivity index is 1.93. The van der Waals surface area contributed by atoms with Crippen molar-refractivity contribution in [3.05, 3.63) is 83.7 Å². The summed E-state index contributed by atoms with van der Waals surface area (Å²) in [4.78, 5) is 4.73. The van der Waals surface area contributed by atoms with Crippen molar-refractivity contribution in [3.63, 3.8) is 0 Å². The monoisotopic (exact) mass is 408 g/mol. The minimum atomic E-state index is 0.400. The van der Waals surface area contributed by atoms with Crippen LogP contribution in [0.4, 0.5) is 0 Å². The van der Waals surface area contributed by atoms with Crippen LogP contribution in [-0.2, 0) is 12.8 Å². The first-order chi connectivity index (χ1) is 15.1. The van der Waals surface area contributed by atoms with Gasteiger partial charge in [-0.15, -0.1) is 0 Å². The van der Waals surface area contributed by atoms with Crippen LogP contribution in [0.5, 0.6) is 0 Å². The van der Waals surface area contributed by atoms with Crippen LogP contribution in [0.15, 0.2) is 71.4 Å². The number of rotatable bonds is 5. The third-order valence-electron chi connectivity index (χ3n) is 6.22. The van der Waals surface area contributed by atoms with Gasteiger partial charge in [0.05, 0.1) is 11.1 Å².